The van der Waals surface area contributed by atoms with Gasteiger partial charge >= 0.3 is 170 Å². The Morgan fingerprint density at radius 1 is 1.00 bits per heavy atom. The summed E-state index contributed by atoms with van der Waals surface area (Å²) in [7, 11) is 0. The Labute approximate surface area is 163 Å². The van der Waals surface area contributed by atoms with Crippen molar-refractivity contribution in [2.45, 2.75) is 0 Å². The van der Waals surface area contributed by atoms with Crippen LogP contribution in [0.2, 0.25) is 0 Å². The second kappa shape index (κ2) is 8.51. The molecule has 4 nitrogen and oxygen atoms in total. The second-order valence-electron chi connectivity index (χ2n) is 0.408. The van der Waals surface area contributed by atoms with Crippen molar-refractivity contribution in [2.75, 3.05) is 0 Å². The van der Waals surface area contributed by atoms with Gasteiger partial charge in [-0.15, -0.1) is 0 Å². The van der Waals surface area contributed by atoms with Crippen molar-refractivity contribution in [3.63, 3.8) is 0 Å². The van der Waals surface area contributed by atoms with Gasteiger partial charge in [-0.25, -0.2) is 0 Å². The van der Waals surface area contributed by atoms with Crippen LogP contribution in [0.5, 0.6) is 0 Å². The largest absolute Gasteiger partial charge is 1.00 e. The van der Waals surface area contributed by atoms with Crippen LogP contribution < -0.4 is 145 Å². The molecule has 0 saturated heterocycles. The molecule has 32 valence electrons. The monoisotopic (exact) mass is 460 g/mol. The minimum atomic E-state index is -6.02. The molecule has 0 aromatic carbocycles. The van der Waals surface area contributed by atoms with Crippen molar-refractivity contribution in [1.29, 1.82) is 0 Å². The van der Waals surface area contributed by atoms with Crippen molar-refractivity contribution in [2.24, 2.45) is 0 Å². The first-order valence-electron chi connectivity index (χ1n) is 0.667. The van der Waals surface area contributed by atoms with Gasteiger partial charge in [-0.1, -0.05) is 0 Å². The average Bonchev–Trinajstić information content (AvgIpc) is 0.722. The van der Waals surface area contributed by atoms with E-state index >= 15 is 0 Å². The molecule has 7 heteroatoms. The van der Waals surface area contributed by atoms with Gasteiger partial charge in [0.05, 0.1) is 0 Å². The second-order valence-corrected chi connectivity index (χ2v) is 2.74. The summed E-state index contributed by atoms with van der Waals surface area (Å²) in [5.41, 5.74) is 0. The fourth-order valence-electron chi connectivity index (χ4n) is 0. The molecule has 0 radical (unpaired) electrons. The van der Waals surface area contributed by atoms with E-state index < -0.39 is 19.0 Å². The Bertz CT molecular complexity index is 92.9. The summed E-state index contributed by atoms with van der Waals surface area (Å²) in [5.74, 6) is 0. The molecule has 0 saturated carbocycles. The van der Waals surface area contributed by atoms with E-state index in [-0.39, 0.29) is 138 Å². The predicted molar refractivity (Wildman–Crippen MR) is 7.13 cm³/mol. The first kappa shape index (κ1) is 17.5. The molecule has 0 amide bonds. The first-order valence-corrected chi connectivity index (χ1v) is 4.47. The predicted octanol–water partition coefficient (Wildman–Crippen LogP) is -8.99. The number of rotatable bonds is 0. The molecule has 0 bridgehead atoms. The molecular formula is Cs2O4Te. The van der Waals surface area contributed by atoms with Gasteiger partial charge in [0.1, 0.15) is 0 Å². The molecule has 7 heavy (non-hydrogen) atoms. The fourth-order valence-corrected chi connectivity index (χ4v) is 0. The molecule has 0 aliphatic carbocycles. The van der Waals surface area contributed by atoms with Crippen LogP contribution in [0.4, 0.5) is 0 Å². The van der Waals surface area contributed by atoms with E-state index in [1.807, 2.05) is 0 Å². The zero-order valence-electron chi connectivity index (χ0n) is 4.04. The Hall–Kier alpha value is 4.41. The third kappa shape index (κ3) is 37.8. The van der Waals surface area contributed by atoms with Crippen molar-refractivity contribution >= 4 is 19.0 Å². The van der Waals surface area contributed by atoms with Crippen LogP contribution in [-0.2, 0) is 6.21 Å². The van der Waals surface area contributed by atoms with E-state index in [1.54, 1.807) is 0 Å². The van der Waals surface area contributed by atoms with E-state index in [9.17, 15) is 0 Å². The molecule has 0 atom stereocenters. The Balaban J connectivity index is -0.0000000800. The van der Waals surface area contributed by atoms with Gasteiger partial charge in [-0.2, -0.15) is 0 Å². The Morgan fingerprint density at radius 2 is 1.00 bits per heavy atom. The standard InChI is InChI=1S/2Cs.H2O4Te/c;;1-5(2,3)4/h;;(H2,1,2,3,4)/q2*+1;/p-2. The quantitative estimate of drug-likeness (QED) is 0.339. The minimum absolute atomic E-state index is 0. The first-order chi connectivity index (χ1) is 2.00. The van der Waals surface area contributed by atoms with Gasteiger partial charge < -0.3 is 0 Å². The summed E-state index contributed by atoms with van der Waals surface area (Å²) in [6.45, 7) is 0. The van der Waals surface area contributed by atoms with E-state index in [0.717, 1.165) is 0 Å². The normalized spacial score (nSPS) is 8.29. The minimum Gasteiger partial charge on any atom is 1.00 e. The zero-order chi connectivity index (χ0) is 4.50. The summed E-state index contributed by atoms with van der Waals surface area (Å²) in [4.78, 5) is 0. The molecule has 0 aromatic heterocycles. The van der Waals surface area contributed by atoms with Crippen LogP contribution in [-0.4, -0.2) is 19.0 Å². The van der Waals surface area contributed by atoms with Crippen molar-refractivity contribution < 1.29 is 151 Å². The molecule has 0 aliphatic heterocycles. The van der Waals surface area contributed by atoms with Crippen LogP contribution >= 0.6 is 0 Å². The third-order valence-electron chi connectivity index (χ3n) is 0. The molecular weight excluding hydrogens is 457 g/mol. The summed E-state index contributed by atoms with van der Waals surface area (Å²) >= 11 is -6.02. The molecule has 0 heterocycles. The summed E-state index contributed by atoms with van der Waals surface area (Å²) in [5, 5.41) is 0. The van der Waals surface area contributed by atoms with Crippen molar-refractivity contribution in [1.82, 2.24) is 0 Å². The van der Waals surface area contributed by atoms with Gasteiger partial charge in [0.25, 0.3) is 0 Å². The van der Waals surface area contributed by atoms with Gasteiger partial charge in [0, 0.05) is 0 Å². The van der Waals surface area contributed by atoms with Gasteiger partial charge in [0.15, 0.2) is 0 Å². The molecule has 0 rings (SSSR count). The zero-order valence-corrected chi connectivity index (χ0v) is 18.9. The number of hydrogen-bond acceptors (Lipinski definition) is 4. The molecule has 0 fully saturated rings. The SMILES string of the molecule is O=[Te](=O)([O-])[O-].[Cs+].[Cs+]. The van der Waals surface area contributed by atoms with E-state index in [2.05, 4.69) is 0 Å². The maximum Gasteiger partial charge on any atom is 1.00 e. The van der Waals surface area contributed by atoms with Crippen molar-refractivity contribution in [3.05, 3.63) is 0 Å². The van der Waals surface area contributed by atoms with Crippen LogP contribution in [0.1, 0.15) is 0 Å². The molecule has 0 unspecified atom stereocenters. The Kier molecular flexibility index (Phi) is 21.3. The van der Waals surface area contributed by atoms with Crippen LogP contribution in [0, 0.1) is 0 Å². The number of hydrogen-bond donors (Lipinski definition) is 0. The topological polar surface area (TPSA) is 80.3 Å². The maximum atomic E-state index is 8.63. The Morgan fingerprint density at radius 3 is 1.00 bits per heavy atom. The van der Waals surface area contributed by atoms with Crippen LogP contribution in [0.15, 0.2) is 0 Å². The molecule has 0 aromatic rings. The van der Waals surface area contributed by atoms with Crippen molar-refractivity contribution in [3.8, 4) is 0 Å². The summed E-state index contributed by atoms with van der Waals surface area (Å²) in [6, 6.07) is 0. The van der Waals surface area contributed by atoms with Crippen LogP contribution in [0.3, 0.4) is 0 Å². The molecule has 0 aliphatic rings. The smallest absolute Gasteiger partial charge is 1.00 e. The maximum absolute atomic E-state index is 8.63. The van der Waals surface area contributed by atoms with Crippen LogP contribution in [0.25, 0.3) is 0 Å². The molecule has 0 N–H and O–H groups in total. The third-order valence-corrected chi connectivity index (χ3v) is 0. The van der Waals surface area contributed by atoms with E-state index in [0.29, 0.717) is 0 Å². The fraction of sp³-hybridized carbons (Fsp3) is 0. The van der Waals surface area contributed by atoms with Gasteiger partial charge in [-0.3, -0.25) is 0 Å². The summed E-state index contributed by atoms with van der Waals surface area (Å²) in [6.07, 6.45) is 0. The van der Waals surface area contributed by atoms with E-state index in [1.165, 1.54) is 0 Å². The van der Waals surface area contributed by atoms with Gasteiger partial charge in [0.2, 0.25) is 0 Å². The average molecular weight is 457 g/mol. The summed E-state index contributed by atoms with van der Waals surface area (Å²) < 4.78 is 34.5. The van der Waals surface area contributed by atoms with E-state index in [4.69, 9.17) is 13.2 Å². The molecule has 0 spiro atoms. The van der Waals surface area contributed by atoms with Gasteiger partial charge in [-0.05, 0) is 0 Å².